The van der Waals surface area contributed by atoms with E-state index in [0.717, 1.165) is 44.4 Å². The number of benzene rings is 1. The molecule has 0 amide bonds. The molecule has 1 saturated carbocycles. The molecule has 1 aromatic heterocycles. The van der Waals surface area contributed by atoms with Crippen molar-refractivity contribution in [2.45, 2.75) is 24.7 Å². The molecule has 1 saturated heterocycles. The van der Waals surface area contributed by atoms with Crippen molar-refractivity contribution in [1.29, 1.82) is 0 Å². The number of anilines is 1. The minimum Gasteiger partial charge on any atom is -0.337 e. The second-order valence-electron chi connectivity index (χ2n) is 6.05. The summed E-state index contributed by atoms with van der Waals surface area (Å²) in [6, 6.07) is 10.7. The van der Waals surface area contributed by atoms with Crippen LogP contribution in [0.5, 0.6) is 0 Å². The minimum absolute atomic E-state index is 0.231. The molecule has 0 atom stereocenters. The molecule has 21 heavy (non-hydrogen) atoms. The topological polar surface area (TPSA) is 54.2 Å². The van der Waals surface area contributed by atoms with Crippen molar-refractivity contribution in [2.75, 3.05) is 31.1 Å². The lowest BCUT2D eigenvalue weighted by atomic mass is 9.92. The van der Waals surface area contributed by atoms with Crippen molar-refractivity contribution >= 4 is 5.95 Å². The van der Waals surface area contributed by atoms with Crippen LogP contribution in [-0.4, -0.2) is 36.3 Å². The monoisotopic (exact) mass is 284 g/mol. The second kappa shape index (κ2) is 5.15. The highest BCUT2D eigenvalue weighted by molar-refractivity contribution is 5.34. The minimum atomic E-state index is 0.231. The maximum absolute atomic E-state index is 5.49. The van der Waals surface area contributed by atoms with Crippen LogP contribution in [0, 0.1) is 0 Å². The number of hydrogen-bond donors (Lipinski definition) is 1. The maximum atomic E-state index is 5.49. The molecule has 0 spiro atoms. The molecule has 5 nitrogen and oxygen atoms in total. The van der Waals surface area contributed by atoms with E-state index in [-0.39, 0.29) is 5.41 Å². The van der Waals surface area contributed by atoms with Crippen LogP contribution in [-0.2, 0) is 11.8 Å². The number of hydrogen-bond acceptors (Lipinski definition) is 5. The van der Waals surface area contributed by atoms with Gasteiger partial charge in [-0.1, -0.05) is 30.3 Å². The number of nitrogens with zero attached hydrogens (tertiary/aromatic N) is 3. The van der Waals surface area contributed by atoms with Gasteiger partial charge in [0.05, 0.1) is 0 Å². The maximum Gasteiger partial charge on any atom is 0.266 e. The lowest BCUT2D eigenvalue weighted by Gasteiger charge is -2.25. The first-order chi connectivity index (χ1) is 10.4. The van der Waals surface area contributed by atoms with Gasteiger partial charge in [0.15, 0.2) is 0 Å². The van der Waals surface area contributed by atoms with Crippen LogP contribution in [0.3, 0.4) is 0 Å². The van der Waals surface area contributed by atoms with Crippen LogP contribution >= 0.6 is 0 Å². The summed E-state index contributed by atoms with van der Waals surface area (Å²) in [7, 11) is 0. The van der Waals surface area contributed by atoms with Crippen molar-refractivity contribution < 1.29 is 4.52 Å². The highest BCUT2D eigenvalue weighted by atomic mass is 16.5. The quantitative estimate of drug-likeness (QED) is 0.927. The van der Waals surface area contributed by atoms with Gasteiger partial charge < -0.3 is 14.7 Å². The van der Waals surface area contributed by atoms with Gasteiger partial charge >= 0.3 is 0 Å². The molecule has 2 aromatic rings. The summed E-state index contributed by atoms with van der Waals surface area (Å²) in [4.78, 5) is 6.79. The first-order valence-corrected chi connectivity index (χ1v) is 7.70. The predicted octanol–water partition coefficient (Wildman–Crippen LogP) is 1.75. The van der Waals surface area contributed by atoms with Crippen LogP contribution < -0.4 is 10.2 Å². The van der Waals surface area contributed by atoms with E-state index >= 15 is 0 Å². The summed E-state index contributed by atoms with van der Waals surface area (Å²) in [6.07, 6.45) is 3.28. The zero-order valence-corrected chi connectivity index (χ0v) is 12.1. The Hall–Kier alpha value is -1.88. The van der Waals surface area contributed by atoms with E-state index in [1.807, 2.05) is 0 Å². The van der Waals surface area contributed by atoms with Crippen LogP contribution in [0.15, 0.2) is 34.9 Å². The summed E-state index contributed by atoms with van der Waals surface area (Å²) < 4.78 is 5.49. The number of aromatic nitrogens is 2. The highest BCUT2D eigenvalue weighted by Crippen LogP contribution is 2.50. The fraction of sp³-hybridized carbons (Fsp3) is 0.500. The van der Waals surface area contributed by atoms with E-state index in [0.29, 0.717) is 0 Å². The van der Waals surface area contributed by atoms with E-state index in [9.17, 15) is 0 Å². The Balaban J connectivity index is 1.49. The molecule has 1 aliphatic heterocycles. The van der Waals surface area contributed by atoms with E-state index in [4.69, 9.17) is 4.52 Å². The van der Waals surface area contributed by atoms with E-state index < -0.39 is 0 Å². The van der Waals surface area contributed by atoms with Crippen LogP contribution in [0.25, 0.3) is 0 Å². The summed E-state index contributed by atoms with van der Waals surface area (Å²) in [6.45, 7) is 3.86. The third-order valence-electron chi connectivity index (χ3n) is 4.59. The van der Waals surface area contributed by atoms with Crippen LogP contribution in [0.2, 0.25) is 0 Å². The van der Waals surface area contributed by atoms with Crippen molar-refractivity contribution in [3.63, 3.8) is 0 Å². The van der Waals surface area contributed by atoms with Crippen molar-refractivity contribution in [3.05, 3.63) is 41.8 Å². The van der Waals surface area contributed by atoms with E-state index in [1.54, 1.807) is 0 Å². The highest BCUT2D eigenvalue weighted by Gasteiger charge is 2.45. The number of nitrogens with one attached hydrogen (secondary N) is 1. The first kappa shape index (κ1) is 12.8. The summed E-state index contributed by atoms with van der Waals surface area (Å²) in [5.41, 5.74) is 1.63. The van der Waals surface area contributed by atoms with Gasteiger partial charge in [-0.15, -0.1) is 0 Å². The largest absolute Gasteiger partial charge is 0.337 e. The average molecular weight is 284 g/mol. The molecule has 1 N–H and O–H groups in total. The molecule has 0 radical (unpaired) electrons. The number of piperazine rings is 1. The van der Waals surface area contributed by atoms with Gasteiger partial charge in [-0.2, -0.15) is 4.98 Å². The molecule has 2 fully saturated rings. The van der Waals surface area contributed by atoms with Gasteiger partial charge in [0.1, 0.15) is 0 Å². The molecule has 0 bridgehead atoms. The van der Waals surface area contributed by atoms with Gasteiger partial charge in [-0.25, -0.2) is 0 Å². The number of rotatable bonds is 4. The van der Waals surface area contributed by atoms with E-state index in [1.165, 1.54) is 18.4 Å². The van der Waals surface area contributed by atoms with Crippen LogP contribution in [0.4, 0.5) is 5.95 Å². The van der Waals surface area contributed by atoms with Gasteiger partial charge in [-0.3, -0.25) is 0 Å². The Kier molecular flexibility index (Phi) is 3.15. The van der Waals surface area contributed by atoms with Gasteiger partial charge in [-0.05, 0) is 23.6 Å². The SMILES string of the molecule is c1ccc(C2(Cc3nc(N4CCNCC4)no3)CC2)cc1. The van der Waals surface area contributed by atoms with Crippen LogP contribution in [0.1, 0.15) is 24.3 Å². The third-order valence-corrected chi connectivity index (χ3v) is 4.59. The average Bonchev–Trinajstić information content (AvgIpc) is 3.19. The van der Waals surface area contributed by atoms with Gasteiger partial charge in [0, 0.05) is 38.0 Å². The zero-order chi connectivity index (χ0) is 14.1. The standard InChI is InChI=1S/C16H20N4O/c1-2-4-13(5-3-1)16(6-7-16)12-14-18-15(19-21-14)20-10-8-17-9-11-20/h1-5,17H,6-12H2. The normalized spacial score (nSPS) is 20.5. The van der Waals surface area contributed by atoms with Gasteiger partial charge in [0.25, 0.3) is 5.95 Å². The Morgan fingerprint density at radius 3 is 2.62 bits per heavy atom. The molecule has 2 aliphatic rings. The molecule has 5 heteroatoms. The molecule has 2 heterocycles. The molecule has 4 rings (SSSR count). The zero-order valence-electron chi connectivity index (χ0n) is 12.1. The Morgan fingerprint density at radius 2 is 1.90 bits per heavy atom. The molecule has 1 aromatic carbocycles. The summed E-state index contributed by atoms with van der Waals surface area (Å²) in [5, 5.41) is 7.49. The molecular weight excluding hydrogens is 264 g/mol. The summed E-state index contributed by atoms with van der Waals surface area (Å²) >= 11 is 0. The second-order valence-corrected chi connectivity index (χ2v) is 6.05. The van der Waals surface area contributed by atoms with E-state index in [2.05, 4.69) is 50.7 Å². The van der Waals surface area contributed by atoms with Crippen molar-refractivity contribution in [3.8, 4) is 0 Å². The third kappa shape index (κ3) is 2.53. The molecule has 110 valence electrons. The van der Waals surface area contributed by atoms with Crippen molar-refractivity contribution in [1.82, 2.24) is 15.5 Å². The first-order valence-electron chi connectivity index (χ1n) is 7.70. The van der Waals surface area contributed by atoms with Crippen molar-refractivity contribution in [2.24, 2.45) is 0 Å². The molecule has 1 aliphatic carbocycles. The lowest BCUT2D eigenvalue weighted by molar-refractivity contribution is 0.364. The fourth-order valence-corrected chi connectivity index (χ4v) is 3.11. The lowest BCUT2D eigenvalue weighted by Crippen LogP contribution is -2.44. The fourth-order valence-electron chi connectivity index (χ4n) is 3.11. The Bertz CT molecular complexity index is 600. The molecule has 0 unspecified atom stereocenters. The summed E-state index contributed by atoms with van der Waals surface area (Å²) in [5.74, 6) is 1.51. The smallest absolute Gasteiger partial charge is 0.266 e. The predicted molar refractivity (Wildman–Crippen MR) is 80.4 cm³/mol. The Labute approximate surface area is 124 Å². The molecular formula is C16H20N4O. The van der Waals surface area contributed by atoms with Gasteiger partial charge in [0.2, 0.25) is 5.89 Å². The Morgan fingerprint density at radius 1 is 1.14 bits per heavy atom.